The summed E-state index contributed by atoms with van der Waals surface area (Å²) in [6.07, 6.45) is 0. The fourth-order valence-corrected chi connectivity index (χ4v) is 0. The first kappa shape index (κ1) is 65.5. The van der Waals surface area contributed by atoms with Gasteiger partial charge in [-0.15, -0.1) is 0 Å². The summed E-state index contributed by atoms with van der Waals surface area (Å²) < 4.78 is 16.7. The van der Waals surface area contributed by atoms with Gasteiger partial charge in [0.1, 0.15) is 0 Å². The van der Waals surface area contributed by atoms with E-state index >= 15 is 0 Å². The molecule has 9 heteroatoms. The third-order valence-corrected chi connectivity index (χ3v) is 0. The Morgan fingerprint density at radius 2 is 0.778 bits per heavy atom. The van der Waals surface area contributed by atoms with Crippen molar-refractivity contribution in [3.63, 3.8) is 0 Å². The van der Waals surface area contributed by atoms with Crippen molar-refractivity contribution in [2.45, 2.75) is 0 Å². The van der Waals surface area contributed by atoms with E-state index in [2.05, 4.69) is 0 Å². The molecule has 0 aromatic heterocycles. The molecular weight excluding hydrogens is 515 g/mol. The zero-order valence-corrected chi connectivity index (χ0v) is 12.3. The number of rotatable bonds is 0. The standard InChI is InChI=1S/Bi.2Cr.5O.Sb/q;2*+3;;;3*-2;. The molecule has 52 valence electrons. The Morgan fingerprint density at radius 1 is 0.778 bits per heavy atom. The van der Waals surface area contributed by atoms with Crippen LogP contribution in [-0.4, -0.2) is 47.7 Å². The minimum atomic E-state index is 0. The molecule has 0 aliphatic heterocycles. The molecule has 0 aliphatic carbocycles. The average molecular weight is 515 g/mol. The van der Waals surface area contributed by atoms with Crippen LogP contribution in [0.15, 0.2) is 0 Å². The van der Waals surface area contributed by atoms with E-state index < -0.39 is 0 Å². The van der Waals surface area contributed by atoms with Gasteiger partial charge in [0.15, 0.2) is 0 Å². The topological polar surface area (TPSA) is 120 Å². The molecule has 0 saturated heterocycles. The predicted octanol–water partition coefficient (Wildman–Crippen LogP) is -1.36. The summed E-state index contributed by atoms with van der Waals surface area (Å²) in [5.41, 5.74) is 0. The van der Waals surface area contributed by atoms with Gasteiger partial charge in [0.05, 0.1) is 0 Å². The van der Waals surface area contributed by atoms with Crippen molar-refractivity contribution < 1.29 is 57.0 Å². The van der Waals surface area contributed by atoms with E-state index in [1.54, 1.807) is 0 Å². The fourth-order valence-electron chi connectivity index (χ4n) is 0. The molecule has 0 atom stereocenters. The summed E-state index contributed by atoms with van der Waals surface area (Å²) in [6.45, 7) is 0. The molecule has 4 radical (unpaired) electrons. The van der Waals surface area contributed by atoms with Crippen molar-refractivity contribution in [2.24, 2.45) is 0 Å². The van der Waals surface area contributed by atoms with Crippen LogP contribution in [0.5, 0.6) is 0 Å². The van der Waals surface area contributed by atoms with Gasteiger partial charge in [-0.3, -0.25) is 0 Å². The molecule has 0 heterocycles. The van der Waals surface area contributed by atoms with Gasteiger partial charge in [0.2, 0.25) is 0 Å². The van der Waals surface area contributed by atoms with Crippen LogP contribution in [0.2, 0.25) is 0 Å². The van der Waals surface area contributed by atoms with Gasteiger partial charge >= 0.3 is 88.3 Å². The van der Waals surface area contributed by atoms with Gasteiger partial charge in [0.25, 0.3) is 0 Å². The van der Waals surface area contributed by atoms with Gasteiger partial charge in [-0.05, 0) is 0 Å². The summed E-state index contributed by atoms with van der Waals surface area (Å²) in [4.78, 5) is 0. The van der Waals surface area contributed by atoms with E-state index in [9.17, 15) is 0 Å². The maximum atomic E-state index is 8.36. The van der Waals surface area contributed by atoms with Crippen molar-refractivity contribution >= 4 is 47.7 Å². The zero-order valence-electron chi connectivity index (χ0n) is 3.75. The number of hydrogen-bond acceptors (Lipinski definition) is 2. The van der Waals surface area contributed by atoms with Crippen molar-refractivity contribution in [3.8, 4) is 0 Å². The van der Waals surface area contributed by atoms with Crippen LogP contribution in [0, 0.1) is 0 Å². The number of hydrogen-bond donors (Lipinski definition) is 0. The van der Waals surface area contributed by atoms with Crippen LogP contribution >= 0.6 is 0 Å². The first-order valence-electron chi connectivity index (χ1n) is 0.365. The Labute approximate surface area is 103 Å². The molecule has 0 N–H and O–H groups in total. The molecule has 5 nitrogen and oxygen atoms in total. The summed E-state index contributed by atoms with van der Waals surface area (Å²) >= 11 is 0.694. The summed E-state index contributed by atoms with van der Waals surface area (Å²) in [6, 6.07) is 0. The zero-order chi connectivity index (χ0) is 4.00. The Balaban J connectivity index is -0.00000000114. The molecule has 0 aromatic rings. The fraction of sp³-hybridized carbons (Fsp3) is 0. The van der Waals surface area contributed by atoms with E-state index in [0.29, 0.717) is 23.0 Å². The van der Waals surface area contributed by atoms with Crippen LogP contribution in [-0.2, 0) is 57.0 Å². The van der Waals surface area contributed by atoms with E-state index in [1.807, 2.05) is 0 Å². The van der Waals surface area contributed by atoms with E-state index in [4.69, 9.17) is 5.83 Å². The molecule has 0 rings (SSSR count). The van der Waals surface area contributed by atoms with Gasteiger partial charge in [0, 0.05) is 0 Å². The normalized spacial score (nSPS) is 0.889. The SMILES string of the molecule is [Cr+3].[Cr+3].[O-2].[O-2].[O-2].[O]=[Bi].[O]=[Sb]. The van der Waals surface area contributed by atoms with E-state index in [0.717, 1.165) is 0 Å². The maximum absolute atomic E-state index is 8.36. The molecule has 0 aliphatic rings. The van der Waals surface area contributed by atoms with Gasteiger partial charge < -0.3 is 16.4 Å². The molecule has 9 heavy (non-hydrogen) atoms. The predicted molar refractivity (Wildman–Crippen MR) is 14.9 cm³/mol. The van der Waals surface area contributed by atoms with Crippen LogP contribution in [0.1, 0.15) is 0 Å². The van der Waals surface area contributed by atoms with Crippen LogP contribution in [0.3, 0.4) is 0 Å². The molecule has 0 aromatic carbocycles. The average Bonchev–Trinajstić information content (AvgIpc) is 1.50. The van der Waals surface area contributed by atoms with Crippen molar-refractivity contribution in [1.82, 2.24) is 0 Å². The first-order valence-corrected chi connectivity index (χ1v) is 2.83. The molecule has 0 fully saturated rings. The second kappa shape index (κ2) is 174. The Bertz CT molecular complexity index is 16.9. The van der Waals surface area contributed by atoms with Crippen LogP contribution < -0.4 is 0 Å². The van der Waals surface area contributed by atoms with E-state index in [-0.39, 0.29) is 75.9 Å². The second-order valence-corrected chi connectivity index (χ2v) is 0. The second-order valence-electron chi connectivity index (χ2n) is 0. The third kappa shape index (κ3) is 138. The Hall–Kier alpha value is 2.25. The molecule has 0 spiro atoms. The molecule has 0 amide bonds. The molecule has 0 unspecified atom stereocenters. The monoisotopic (exact) mass is 514 g/mol. The summed E-state index contributed by atoms with van der Waals surface area (Å²) in [7, 11) is 0. The summed E-state index contributed by atoms with van der Waals surface area (Å²) in [5, 5.41) is 0. The first-order chi connectivity index (χ1) is 2.00. The Morgan fingerprint density at radius 3 is 0.778 bits per heavy atom. The van der Waals surface area contributed by atoms with Gasteiger partial charge in [-0.2, -0.15) is 0 Å². The molecular formula is BiCr2O5Sb. The molecule has 0 bridgehead atoms. The van der Waals surface area contributed by atoms with Crippen LogP contribution in [0.25, 0.3) is 0 Å². The van der Waals surface area contributed by atoms with Gasteiger partial charge in [-0.1, -0.05) is 0 Å². The minimum absolute atomic E-state index is 0. The summed E-state index contributed by atoms with van der Waals surface area (Å²) in [5.74, 6) is 0. The quantitative estimate of drug-likeness (QED) is 0.371. The van der Waals surface area contributed by atoms with Crippen molar-refractivity contribution in [3.05, 3.63) is 0 Å². The van der Waals surface area contributed by atoms with Crippen molar-refractivity contribution in [2.75, 3.05) is 0 Å². The molecule has 0 saturated carbocycles. The van der Waals surface area contributed by atoms with Crippen LogP contribution in [0.4, 0.5) is 0 Å². The van der Waals surface area contributed by atoms with Gasteiger partial charge in [-0.25, -0.2) is 0 Å². The van der Waals surface area contributed by atoms with Crippen molar-refractivity contribution in [1.29, 1.82) is 0 Å². The Kier molecular flexibility index (Phi) is 1260. The van der Waals surface area contributed by atoms with E-state index in [1.165, 1.54) is 0 Å². The third-order valence-electron chi connectivity index (χ3n) is 0.